The van der Waals surface area contributed by atoms with Crippen molar-refractivity contribution in [3.63, 3.8) is 0 Å². The van der Waals surface area contributed by atoms with Crippen LogP contribution in [-0.4, -0.2) is 4.98 Å². The van der Waals surface area contributed by atoms with E-state index >= 15 is 0 Å². The first-order chi connectivity index (χ1) is 9.72. The summed E-state index contributed by atoms with van der Waals surface area (Å²) in [6.45, 7) is 1.93. The predicted octanol–water partition coefficient (Wildman–Crippen LogP) is 4.05. The molecule has 0 saturated heterocycles. The van der Waals surface area contributed by atoms with E-state index in [9.17, 15) is 0 Å². The normalized spacial score (nSPS) is 12.3. The Morgan fingerprint density at radius 1 is 1.00 bits per heavy atom. The van der Waals surface area contributed by atoms with Gasteiger partial charge in [-0.3, -0.25) is 0 Å². The first-order valence-electron chi connectivity index (χ1n) is 6.60. The standard InChI is InChI=1S/C17H16N2O/c1-12(18)15-7-9-17(19-11-15)20-16-8-6-13-4-2-3-5-14(13)10-16/h2-12H,18H2,1H3/t12-/m0/s1. The molecule has 1 heterocycles. The molecule has 20 heavy (non-hydrogen) atoms. The highest BCUT2D eigenvalue weighted by molar-refractivity contribution is 5.83. The third kappa shape index (κ3) is 2.63. The van der Waals surface area contributed by atoms with E-state index in [1.165, 1.54) is 5.39 Å². The van der Waals surface area contributed by atoms with Gasteiger partial charge in [0.05, 0.1) is 0 Å². The predicted molar refractivity (Wildman–Crippen MR) is 80.9 cm³/mol. The summed E-state index contributed by atoms with van der Waals surface area (Å²) in [7, 11) is 0. The molecule has 3 nitrogen and oxygen atoms in total. The number of benzene rings is 2. The number of fused-ring (bicyclic) bond motifs is 1. The van der Waals surface area contributed by atoms with Crippen molar-refractivity contribution < 1.29 is 4.74 Å². The Morgan fingerprint density at radius 3 is 2.50 bits per heavy atom. The molecule has 0 aliphatic heterocycles. The Morgan fingerprint density at radius 2 is 1.80 bits per heavy atom. The molecule has 1 atom stereocenters. The van der Waals surface area contributed by atoms with Crippen LogP contribution in [0.3, 0.4) is 0 Å². The summed E-state index contributed by atoms with van der Waals surface area (Å²) in [6.07, 6.45) is 1.75. The second-order valence-electron chi connectivity index (χ2n) is 4.83. The zero-order valence-corrected chi connectivity index (χ0v) is 11.3. The summed E-state index contributed by atoms with van der Waals surface area (Å²) in [5, 5.41) is 2.34. The number of rotatable bonds is 3. The van der Waals surface area contributed by atoms with E-state index in [4.69, 9.17) is 10.5 Å². The molecular formula is C17H16N2O. The molecule has 0 saturated carbocycles. The van der Waals surface area contributed by atoms with Gasteiger partial charge in [0.1, 0.15) is 5.75 Å². The van der Waals surface area contributed by atoms with Crippen LogP contribution in [0.15, 0.2) is 60.8 Å². The Kier molecular flexibility index (Phi) is 3.35. The quantitative estimate of drug-likeness (QED) is 0.776. The minimum absolute atomic E-state index is 0.0165. The molecule has 3 aromatic rings. The molecular weight excluding hydrogens is 248 g/mol. The Balaban J connectivity index is 1.85. The van der Waals surface area contributed by atoms with Crippen molar-refractivity contribution in [2.45, 2.75) is 13.0 Å². The maximum atomic E-state index is 5.80. The van der Waals surface area contributed by atoms with E-state index in [1.54, 1.807) is 6.20 Å². The molecule has 3 rings (SSSR count). The van der Waals surface area contributed by atoms with Crippen molar-refractivity contribution in [1.82, 2.24) is 4.98 Å². The van der Waals surface area contributed by atoms with Gasteiger partial charge in [-0.2, -0.15) is 0 Å². The van der Waals surface area contributed by atoms with Crippen LogP contribution in [0, 0.1) is 0 Å². The zero-order chi connectivity index (χ0) is 13.9. The molecule has 0 radical (unpaired) electrons. The molecule has 0 fully saturated rings. The first kappa shape index (κ1) is 12.6. The van der Waals surface area contributed by atoms with Crippen molar-refractivity contribution in [3.8, 4) is 11.6 Å². The number of nitrogens with two attached hydrogens (primary N) is 1. The molecule has 0 aliphatic carbocycles. The van der Waals surface area contributed by atoms with Crippen LogP contribution in [0.4, 0.5) is 0 Å². The maximum absolute atomic E-state index is 5.80. The second kappa shape index (κ2) is 5.31. The number of ether oxygens (including phenoxy) is 1. The summed E-state index contributed by atoms with van der Waals surface area (Å²) >= 11 is 0. The fourth-order valence-electron chi connectivity index (χ4n) is 2.07. The van der Waals surface area contributed by atoms with Gasteiger partial charge in [-0.15, -0.1) is 0 Å². The first-order valence-corrected chi connectivity index (χ1v) is 6.60. The van der Waals surface area contributed by atoms with Crippen LogP contribution < -0.4 is 10.5 Å². The van der Waals surface area contributed by atoms with Crippen LogP contribution in [0.25, 0.3) is 10.8 Å². The highest BCUT2D eigenvalue weighted by Gasteiger charge is 2.03. The second-order valence-corrected chi connectivity index (χ2v) is 4.83. The fourth-order valence-corrected chi connectivity index (χ4v) is 2.07. The van der Waals surface area contributed by atoms with Crippen molar-refractivity contribution in [1.29, 1.82) is 0 Å². The molecule has 0 bridgehead atoms. The largest absolute Gasteiger partial charge is 0.439 e. The van der Waals surface area contributed by atoms with E-state index in [1.807, 2.05) is 49.4 Å². The van der Waals surface area contributed by atoms with Crippen molar-refractivity contribution in [2.24, 2.45) is 5.73 Å². The number of nitrogens with zero attached hydrogens (tertiary/aromatic N) is 1. The monoisotopic (exact) mass is 264 g/mol. The van der Waals surface area contributed by atoms with Crippen LogP contribution >= 0.6 is 0 Å². The summed E-state index contributed by atoms with van der Waals surface area (Å²) in [4.78, 5) is 4.27. The third-order valence-corrected chi connectivity index (χ3v) is 3.23. The number of hydrogen-bond acceptors (Lipinski definition) is 3. The van der Waals surface area contributed by atoms with Crippen LogP contribution in [0.5, 0.6) is 11.6 Å². The molecule has 0 spiro atoms. The third-order valence-electron chi connectivity index (χ3n) is 3.23. The van der Waals surface area contributed by atoms with E-state index in [0.717, 1.165) is 16.7 Å². The molecule has 2 N–H and O–H groups in total. The number of aromatic nitrogens is 1. The van der Waals surface area contributed by atoms with E-state index < -0.39 is 0 Å². The molecule has 1 aromatic heterocycles. The summed E-state index contributed by atoms with van der Waals surface area (Å²) in [6, 6.07) is 17.9. The molecule has 100 valence electrons. The Labute approximate surface area is 118 Å². The molecule has 2 aromatic carbocycles. The highest BCUT2D eigenvalue weighted by Crippen LogP contribution is 2.24. The van der Waals surface area contributed by atoms with Gasteiger partial charge in [-0.1, -0.05) is 36.4 Å². The Hall–Kier alpha value is -2.39. The van der Waals surface area contributed by atoms with Gasteiger partial charge in [0.25, 0.3) is 0 Å². The Bertz CT molecular complexity index is 720. The molecule has 0 amide bonds. The smallest absolute Gasteiger partial charge is 0.219 e. The summed E-state index contributed by atoms with van der Waals surface area (Å²) in [5.41, 5.74) is 6.79. The van der Waals surface area contributed by atoms with Crippen molar-refractivity contribution in [3.05, 3.63) is 66.4 Å². The van der Waals surface area contributed by atoms with Crippen molar-refractivity contribution in [2.75, 3.05) is 0 Å². The van der Waals surface area contributed by atoms with Gasteiger partial charge in [0.2, 0.25) is 5.88 Å². The van der Waals surface area contributed by atoms with Gasteiger partial charge in [-0.25, -0.2) is 4.98 Å². The van der Waals surface area contributed by atoms with Gasteiger partial charge in [0, 0.05) is 18.3 Å². The van der Waals surface area contributed by atoms with Gasteiger partial charge >= 0.3 is 0 Å². The average Bonchev–Trinajstić information content (AvgIpc) is 2.48. The zero-order valence-electron chi connectivity index (χ0n) is 11.3. The number of hydrogen-bond donors (Lipinski definition) is 1. The van der Waals surface area contributed by atoms with Gasteiger partial charge in [0.15, 0.2) is 0 Å². The lowest BCUT2D eigenvalue weighted by Crippen LogP contribution is -2.05. The van der Waals surface area contributed by atoms with Gasteiger partial charge < -0.3 is 10.5 Å². The molecule has 0 unspecified atom stereocenters. The minimum atomic E-state index is -0.0165. The van der Waals surface area contributed by atoms with Crippen molar-refractivity contribution >= 4 is 10.8 Å². The summed E-state index contributed by atoms with van der Waals surface area (Å²) < 4.78 is 5.77. The molecule has 0 aliphatic rings. The van der Waals surface area contributed by atoms with Crippen LogP contribution in [0.1, 0.15) is 18.5 Å². The summed E-state index contributed by atoms with van der Waals surface area (Å²) in [5.74, 6) is 1.36. The lowest BCUT2D eigenvalue weighted by molar-refractivity contribution is 0.463. The number of pyridine rings is 1. The topological polar surface area (TPSA) is 48.1 Å². The fraction of sp³-hybridized carbons (Fsp3) is 0.118. The highest BCUT2D eigenvalue weighted by atomic mass is 16.5. The maximum Gasteiger partial charge on any atom is 0.219 e. The SMILES string of the molecule is C[C@H](N)c1ccc(Oc2ccc3ccccc3c2)nc1. The average molecular weight is 264 g/mol. The van der Waals surface area contributed by atoms with E-state index in [2.05, 4.69) is 17.1 Å². The molecule has 3 heteroatoms. The lowest BCUT2D eigenvalue weighted by atomic mass is 10.1. The van der Waals surface area contributed by atoms with E-state index in [0.29, 0.717) is 5.88 Å². The van der Waals surface area contributed by atoms with Crippen LogP contribution in [-0.2, 0) is 0 Å². The van der Waals surface area contributed by atoms with E-state index in [-0.39, 0.29) is 6.04 Å². The minimum Gasteiger partial charge on any atom is -0.439 e. The van der Waals surface area contributed by atoms with Gasteiger partial charge in [-0.05, 0) is 35.4 Å². The van der Waals surface area contributed by atoms with Crippen LogP contribution in [0.2, 0.25) is 0 Å². The lowest BCUT2D eigenvalue weighted by Gasteiger charge is -2.08.